The molecular weight excluding hydrogens is 286 g/mol. The number of anilines is 1. The molecule has 0 bridgehead atoms. The summed E-state index contributed by atoms with van der Waals surface area (Å²) in [5.74, 6) is -4.34. The van der Waals surface area contributed by atoms with Crippen LogP contribution in [0.25, 0.3) is 22.3 Å². The standard InChI is InChI=1S/C14H7F4N3/c15-6-1-2-11-8(3-6)13(19)21-14(20-11)12-9(17)4-7(16)5-10(12)18/h1-5H,(H2,19,20,21). The number of nitrogen functional groups attached to an aromatic ring is 1. The highest BCUT2D eigenvalue weighted by atomic mass is 19.1. The van der Waals surface area contributed by atoms with Crippen LogP contribution in [0.1, 0.15) is 0 Å². The number of hydrogen-bond donors (Lipinski definition) is 1. The van der Waals surface area contributed by atoms with Crippen LogP contribution < -0.4 is 5.73 Å². The largest absolute Gasteiger partial charge is 0.383 e. The minimum atomic E-state index is -1.15. The number of nitrogens with zero attached hydrogens (tertiary/aromatic N) is 2. The lowest BCUT2D eigenvalue weighted by Gasteiger charge is -2.07. The van der Waals surface area contributed by atoms with Crippen molar-refractivity contribution in [3.8, 4) is 11.4 Å². The van der Waals surface area contributed by atoms with Gasteiger partial charge in [0, 0.05) is 17.5 Å². The second-order valence-corrected chi connectivity index (χ2v) is 4.34. The first kappa shape index (κ1) is 13.3. The Morgan fingerprint density at radius 2 is 1.48 bits per heavy atom. The van der Waals surface area contributed by atoms with E-state index >= 15 is 0 Å². The smallest absolute Gasteiger partial charge is 0.168 e. The Labute approximate surface area is 116 Å². The van der Waals surface area contributed by atoms with Crippen LogP contribution in [0.3, 0.4) is 0 Å². The van der Waals surface area contributed by atoms with Gasteiger partial charge in [0.25, 0.3) is 0 Å². The number of nitrogens with two attached hydrogens (primary N) is 1. The molecule has 7 heteroatoms. The van der Waals surface area contributed by atoms with Gasteiger partial charge in [-0.2, -0.15) is 0 Å². The first-order valence-corrected chi connectivity index (χ1v) is 5.83. The summed E-state index contributed by atoms with van der Waals surface area (Å²) in [4.78, 5) is 7.70. The molecule has 3 rings (SSSR count). The molecule has 0 radical (unpaired) electrons. The van der Waals surface area contributed by atoms with E-state index in [2.05, 4.69) is 9.97 Å². The fraction of sp³-hybridized carbons (Fsp3) is 0. The lowest BCUT2D eigenvalue weighted by Crippen LogP contribution is -2.01. The molecule has 0 spiro atoms. The summed E-state index contributed by atoms with van der Waals surface area (Å²) in [6, 6.07) is 4.60. The highest BCUT2D eigenvalue weighted by molar-refractivity contribution is 5.89. The van der Waals surface area contributed by atoms with Crippen molar-refractivity contribution in [3.63, 3.8) is 0 Å². The lowest BCUT2D eigenvalue weighted by molar-refractivity contribution is 0.547. The molecule has 0 saturated heterocycles. The molecule has 106 valence electrons. The minimum absolute atomic E-state index is 0.127. The Bertz CT molecular complexity index is 841. The first-order valence-electron chi connectivity index (χ1n) is 5.83. The zero-order valence-corrected chi connectivity index (χ0v) is 10.4. The van der Waals surface area contributed by atoms with Crippen LogP contribution in [0.2, 0.25) is 0 Å². The van der Waals surface area contributed by atoms with Crippen LogP contribution in [0.15, 0.2) is 30.3 Å². The van der Waals surface area contributed by atoms with Gasteiger partial charge < -0.3 is 5.73 Å². The van der Waals surface area contributed by atoms with E-state index in [1.165, 1.54) is 6.07 Å². The topological polar surface area (TPSA) is 51.8 Å². The van der Waals surface area contributed by atoms with E-state index in [-0.39, 0.29) is 22.5 Å². The number of halogens is 4. The van der Waals surface area contributed by atoms with Gasteiger partial charge in [0.15, 0.2) is 5.82 Å². The number of benzene rings is 2. The van der Waals surface area contributed by atoms with E-state index in [0.717, 1.165) is 12.1 Å². The van der Waals surface area contributed by atoms with E-state index in [1.54, 1.807) is 0 Å². The van der Waals surface area contributed by atoms with Gasteiger partial charge in [0.2, 0.25) is 0 Å². The second kappa shape index (κ2) is 4.69. The number of rotatable bonds is 1. The number of fused-ring (bicyclic) bond motifs is 1. The van der Waals surface area contributed by atoms with Crippen LogP contribution in [-0.2, 0) is 0 Å². The van der Waals surface area contributed by atoms with Gasteiger partial charge in [-0.1, -0.05) is 0 Å². The molecule has 2 N–H and O–H groups in total. The molecule has 1 heterocycles. The summed E-state index contributed by atoms with van der Waals surface area (Å²) in [6.45, 7) is 0. The normalized spacial score (nSPS) is 11.0. The highest BCUT2D eigenvalue weighted by Gasteiger charge is 2.18. The molecule has 0 aliphatic carbocycles. The van der Waals surface area contributed by atoms with Crippen molar-refractivity contribution < 1.29 is 17.6 Å². The molecule has 3 aromatic rings. The molecule has 1 aromatic heterocycles. The predicted octanol–water partition coefficient (Wildman–Crippen LogP) is 3.44. The monoisotopic (exact) mass is 293 g/mol. The average molecular weight is 293 g/mol. The first-order chi connectivity index (χ1) is 9.95. The molecule has 0 atom stereocenters. The Morgan fingerprint density at radius 3 is 2.14 bits per heavy atom. The SMILES string of the molecule is Nc1nc(-c2c(F)cc(F)cc2F)nc2ccc(F)cc12. The van der Waals surface area contributed by atoms with Crippen LogP contribution in [0, 0.1) is 23.3 Å². The van der Waals surface area contributed by atoms with Crippen molar-refractivity contribution in [1.29, 1.82) is 0 Å². The van der Waals surface area contributed by atoms with Gasteiger partial charge >= 0.3 is 0 Å². The molecular formula is C14H7F4N3. The molecule has 0 aliphatic rings. The maximum absolute atomic E-state index is 13.7. The van der Waals surface area contributed by atoms with Crippen LogP contribution in [0.5, 0.6) is 0 Å². The Hall–Kier alpha value is -2.70. The summed E-state index contributed by atoms with van der Waals surface area (Å²) in [6.07, 6.45) is 0. The molecule has 3 nitrogen and oxygen atoms in total. The predicted molar refractivity (Wildman–Crippen MR) is 69.2 cm³/mol. The van der Waals surface area contributed by atoms with Crippen molar-refractivity contribution in [2.75, 3.05) is 5.73 Å². The van der Waals surface area contributed by atoms with E-state index in [1.807, 2.05) is 0 Å². The van der Waals surface area contributed by atoms with E-state index < -0.39 is 28.8 Å². The third-order valence-corrected chi connectivity index (χ3v) is 2.92. The van der Waals surface area contributed by atoms with Gasteiger partial charge in [-0.25, -0.2) is 27.5 Å². The zero-order valence-electron chi connectivity index (χ0n) is 10.4. The highest BCUT2D eigenvalue weighted by Crippen LogP contribution is 2.28. The fourth-order valence-corrected chi connectivity index (χ4v) is 1.99. The van der Waals surface area contributed by atoms with Crippen molar-refractivity contribution in [1.82, 2.24) is 9.97 Å². The quantitative estimate of drug-likeness (QED) is 0.699. The summed E-state index contributed by atoms with van der Waals surface area (Å²) in [5.41, 5.74) is 5.29. The number of aromatic nitrogens is 2. The lowest BCUT2D eigenvalue weighted by atomic mass is 10.1. The molecule has 2 aromatic carbocycles. The van der Waals surface area contributed by atoms with E-state index in [0.29, 0.717) is 12.1 Å². The maximum Gasteiger partial charge on any atom is 0.168 e. The molecule has 21 heavy (non-hydrogen) atoms. The van der Waals surface area contributed by atoms with Crippen molar-refractivity contribution in [3.05, 3.63) is 53.6 Å². The van der Waals surface area contributed by atoms with Gasteiger partial charge in [-0.3, -0.25) is 0 Å². The fourth-order valence-electron chi connectivity index (χ4n) is 1.99. The third kappa shape index (κ3) is 2.26. The van der Waals surface area contributed by atoms with Gasteiger partial charge in [-0.15, -0.1) is 0 Å². The molecule has 0 aliphatic heterocycles. The molecule has 0 fully saturated rings. The van der Waals surface area contributed by atoms with E-state index in [4.69, 9.17) is 5.73 Å². The Kier molecular flexibility index (Phi) is 2.97. The minimum Gasteiger partial charge on any atom is -0.383 e. The second-order valence-electron chi connectivity index (χ2n) is 4.34. The van der Waals surface area contributed by atoms with Crippen molar-refractivity contribution in [2.45, 2.75) is 0 Å². The average Bonchev–Trinajstić information content (AvgIpc) is 2.38. The van der Waals surface area contributed by atoms with Crippen molar-refractivity contribution >= 4 is 16.7 Å². The van der Waals surface area contributed by atoms with Crippen molar-refractivity contribution in [2.24, 2.45) is 0 Å². The number of hydrogen-bond acceptors (Lipinski definition) is 3. The van der Waals surface area contributed by atoms with Gasteiger partial charge in [-0.05, 0) is 18.2 Å². The van der Waals surface area contributed by atoms with Crippen LogP contribution in [0.4, 0.5) is 23.4 Å². The summed E-state index contributed by atoms with van der Waals surface area (Å²) < 4.78 is 53.5. The van der Waals surface area contributed by atoms with Crippen LogP contribution >= 0.6 is 0 Å². The summed E-state index contributed by atoms with van der Waals surface area (Å²) in [5, 5.41) is 0.224. The third-order valence-electron chi connectivity index (χ3n) is 2.92. The van der Waals surface area contributed by atoms with E-state index in [9.17, 15) is 17.6 Å². The summed E-state index contributed by atoms with van der Waals surface area (Å²) in [7, 11) is 0. The summed E-state index contributed by atoms with van der Waals surface area (Å²) >= 11 is 0. The van der Waals surface area contributed by atoms with Gasteiger partial charge in [0.1, 0.15) is 29.1 Å². The van der Waals surface area contributed by atoms with Gasteiger partial charge in [0.05, 0.1) is 11.1 Å². The molecule has 0 unspecified atom stereocenters. The maximum atomic E-state index is 13.7. The molecule has 0 saturated carbocycles. The zero-order chi connectivity index (χ0) is 15.1. The van der Waals surface area contributed by atoms with Crippen LogP contribution in [-0.4, -0.2) is 9.97 Å². The Morgan fingerprint density at radius 1 is 0.810 bits per heavy atom. The molecule has 0 amide bonds. The Balaban J connectivity index is 2.29.